The zero-order valence-corrected chi connectivity index (χ0v) is 23.9. The van der Waals surface area contributed by atoms with Crippen molar-refractivity contribution in [2.24, 2.45) is 0 Å². The molecule has 0 N–H and O–H groups in total. The summed E-state index contributed by atoms with van der Waals surface area (Å²) in [6.45, 7) is 16.1. The molecule has 3 atom stereocenters. The van der Waals surface area contributed by atoms with Crippen LogP contribution in [-0.4, -0.2) is 48.7 Å². The first kappa shape index (κ1) is 26.7. The Morgan fingerprint density at radius 2 is 1.42 bits per heavy atom. The number of benzene rings is 2. The Bertz CT molecular complexity index is 791. The van der Waals surface area contributed by atoms with Crippen molar-refractivity contribution < 1.29 is 13.9 Å². The van der Waals surface area contributed by atoms with E-state index < -0.39 is 8.32 Å². The predicted molar refractivity (Wildman–Crippen MR) is 142 cm³/mol. The summed E-state index contributed by atoms with van der Waals surface area (Å²) in [5.41, 5.74) is 2.98. The fourth-order valence-electron chi connectivity index (χ4n) is 5.46. The first-order valence-electron chi connectivity index (χ1n) is 12.5. The molecule has 0 unspecified atom stereocenters. The van der Waals surface area contributed by atoms with Gasteiger partial charge in [-0.05, 0) is 0 Å². The fourth-order valence-corrected chi connectivity index (χ4v) is 13.6. The Morgan fingerprint density at radius 3 is 2.00 bits per heavy atom. The molecule has 3 nitrogen and oxygen atoms in total. The average molecular weight is 534 g/mol. The summed E-state index contributed by atoms with van der Waals surface area (Å²) in [6, 6.07) is 21.3. The van der Waals surface area contributed by atoms with Crippen LogP contribution in [-0.2, 0) is 20.5 Å². The van der Waals surface area contributed by atoms with Gasteiger partial charge in [-0.15, -0.1) is 0 Å². The molecule has 0 saturated carbocycles. The van der Waals surface area contributed by atoms with Gasteiger partial charge < -0.3 is 0 Å². The van der Waals surface area contributed by atoms with Crippen LogP contribution in [0.2, 0.25) is 21.4 Å². The van der Waals surface area contributed by atoms with Crippen LogP contribution in [0.4, 0.5) is 0 Å². The third-order valence-corrected chi connectivity index (χ3v) is 15.8. The van der Waals surface area contributed by atoms with Gasteiger partial charge in [0.1, 0.15) is 0 Å². The van der Waals surface area contributed by atoms with Crippen LogP contribution in [0.25, 0.3) is 0 Å². The first-order chi connectivity index (χ1) is 15.8. The summed E-state index contributed by atoms with van der Waals surface area (Å²) in [5, 5.41) is 0. The molecule has 2 aromatic rings. The van der Waals surface area contributed by atoms with Crippen molar-refractivity contribution in [3.8, 4) is 0 Å². The standard InChI is InChI=1S/C28H42O3SeSi/c1-21(2)33(22(3)4,23(5)6)30-19-25-17-28(32-26-15-11-8-12-16-26)27(31-25)20-29-18-24-13-9-7-10-14-24/h7-16,21-23,25,27-28H,17-20H2,1-6H3/t25-,27-,28-/m1/s1. The van der Waals surface area contributed by atoms with E-state index in [1.807, 2.05) is 6.07 Å². The Kier molecular flexibility index (Phi) is 10.2. The van der Waals surface area contributed by atoms with E-state index >= 15 is 0 Å². The second-order valence-electron chi connectivity index (χ2n) is 10.1. The third-order valence-electron chi connectivity index (χ3n) is 6.93. The van der Waals surface area contributed by atoms with E-state index in [2.05, 4.69) is 96.1 Å². The second kappa shape index (κ2) is 12.7. The molecule has 182 valence electrons. The van der Waals surface area contributed by atoms with Crippen LogP contribution in [0, 0.1) is 0 Å². The number of ether oxygens (including phenoxy) is 2. The van der Waals surface area contributed by atoms with Crippen LogP contribution in [0.15, 0.2) is 60.7 Å². The topological polar surface area (TPSA) is 27.7 Å². The molecule has 33 heavy (non-hydrogen) atoms. The minimum absolute atomic E-state index is 0.135. The maximum absolute atomic E-state index is 6.90. The summed E-state index contributed by atoms with van der Waals surface area (Å²) < 4.78 is 21.1. The molecule has 0 amide bonds. The van der Waals surface area contributed by atoms with Crippen molar-refractivity contribution in [1.29, 1.82) is 0 Å². The van der Waals surface area contributed by atoms with Gasteiger partial charge in [0, 0.05) is 0 Å². The molecular weight excluding hydrogens is 491 g/mol. The number of rotatable bonds is 12. The minimum atomic E-state index is -1.89. The van der Waals surface area contributed by atoms with Crippen molar-refractivity contribution in [3.63, 3.8) is 0 Å². The summed E-state index contributed by atoms with van der Waals surface area (Å²) in [5.74, 6) is 0. The Morgan fingerprint density at radius 1 is 0.848 bits per heavy atom. The number of hydrogen-bond acceptors (Lipinski definition) is 3. The summed E-state index contributed by atoms with van der Waals surface area (Å²) >= 11 is 0.361. The van der Waals surface area contributed by atoms with Crippen molar-refractivity contribution in [1.82, 2.24) is 0 Å². The molecule has 2 aromatic carbocycles. The van der Waals surface area contributed by atoms with Gasteiger partial charge in [0.25, 0.3) is 0 Å². The van der Waals surface area contributed by atoms with Crippen LogP contribution < -0.4 is 4.46 Å². The summed E-state index contributed by atoms with van der Waals surface area (Å²) in [7, 11) is -1.89. The first-order valence-corrected chi connectivity index (χ1v) is 16.4. The molecular formula is C28H42O3SeSi. The maximum atomic E-state index is 6.90. The van der Waals surface area contributed by atoms with Gasteiger partial charge in [-0.1, -0.05) is 0 Å². The quantitative estimate of drug-likeness (QED) is 0.297. The Hall–Kier alpha value is -0.944. The van der Waals surface area contributed by atoms with Gasteiger partial charge in [0.15, 0.2) is 0 Å². The molecule has 5 heteroatoms. The van der Waals surface area contributed by atoms with Crippen molar-refractivity contribution >= 4 is 27.7 Å². The van der Waals surface area contributed by atoms with E-state index in [1.54, 1.807) is 0 Å². The van der Waals surface area contributed by atoms with E-state index in [0.29, 0.717) is 49.6 Å². The number of hydrogen-bond donors (Lipinski definition) is 0. The van der Waals surface area contributed by atoms with E-state index in [9.17, 15) is 0 Å². The molecule has 1 aliphatic heterocycles. The Labute approximate surface area is 208 Å². The monoisotopic (exact) mass is 534 g/mol. The van der Waals surface area contributed by atoms with Gasteiger partial charge in [0.05, 0.1) is 0 Å². The average Bonchev–Trinajstić information content (AvgIpc) is 3.16. The van der Waals surface area contributed by atoms with Gasteiger partial charge in [-0.3, -0.25) is 0 Å². The van der Waals surface area contributed by atoms with Gasteiger partial charge >= 0.3 is 209 Å². The molecule has 0 bridgehead atoms. The molecule has 3 rings (SSSR count). The van der Waals surface area contributed by atoms with Crippen LogP contribution in [0.5, 0.6) is 0 Å². The molecule has 0 aliphatic carbocycles. The van der Waals surface area contributed by atoms with Gasteiger partial charge in [0.2, 0.25) is 0 Å². The van der Waals surface area contributed by atoms with Crippen LogP contribution >= 0.6 is 0 Å². The molecule has 1 saturated heterocycles. The zero-order valence-electron chi connectivity index (χ0n) is 21.2. The Balaban J connectivity index is 1.65. The van der Waals surface area contributed by atoms with Crippen LogP contribution in [0.1, 0.15) is 53.5 Å². The normalized spacial score (nSPS) is 21.4. The van der Waals surface area contributed by atoms with Crippen molar-refractivity contribution in [2.45, 2.75) is 88.2 Å². The van der Waals surface area contributed by atoms with Gasteiger partial charge in [-0.2, -0.15) is 0 Å². The van der Waals surface area contributed by atoms with Crippen molar-refractivity contribution in [3.05, 3.63) is 66.2 Å². The predicted octanol–water partition coefficient (Wildman–Crippen LogP) is 6.37. The molecule has 1 aliphatic rings. The van der Waals surface area contributed by atoms with Crippen molar-refractivity contribution in [2.75, 3.05) is 13.2 Å². The zero-order chi connectivity index (χ0) is 23.8. The van der Waals surface area contributed by atoms with Crippen LogP contribution in [0.3, 0.4) is 0 Å². The second-order valence-corrected chi connectivity index (χ2v) is 18.3. The van der Waals surface area contributed by atoms with E-state index in [4.69, 9.17) is 13.9 Å². The molecule has 0 radical (unpaired) electrons. The third kappa shape index (κ3) is 7.03. The SMILES string of the molecule is CC(C)[Si](OC[C@H]1C[C@@H]([Se]c2ccccc2)[C@@H](COCc2ccccc2)O1)(C(C)C)C(C)C. The molecule has 0 spiro atoms. The fraction of sp³-hybridized carbons (Fsp3) is 0.571. The van der Waals surface area contributed by atoms with E-state index in [-0.39, 0.29) is 12.2 Å². The molecule has 1 heterocycles. The molecule has 1 fully saturated rings. The molecule has 0 aromatic heterocycles. The summed E-state index contributed by atoms with van der Waals surface area (Å²) in [6.07, 6.45) is 1.36. The van der Waals surface area contributed by atoms with Gasteiger partial charge in [-0.25, -0.2) is 0 Å². The van der Waals surface area contributed by atoms with E-state index in [0.717, 1.165) is 13.0 Å². The summed E-state index contributed by atoms with van der Waals surface area (Å²) in [4.78, 5) is 0.512. The van der Waals surface area contributed by atoms with E-state index in [1.165, 1.54) is 10.0 Å².